The van der Waals surface area contributed by atoms with Gasteiger partial charge in [0.05, 0.1) is 10.0 Å². The Morgan fingerprint density at radius 1 is 1.08 bits per heavy atom. The van der Waals surface area contributed by atoms with Crippen molar-refractivity contribution in [2.24, 2.45) is 0 Å². The Kier molecular flexibility index (Phi) is 5.24. The van der Waals surface area contributed by atoms with E-state index in [1.807, 2.05) is 12.1 Å². The van der Waals surface area contributed by atoms with E-state index in [9.17, 15) is 4.79 Å². The number of pyridine rings is 1. The van der Waals surface area contributed by atoms with E-state index in [2.05, 4.69) is 25.8 Å². The highest BCUT2D eigenvalue weighted by atomic mass is 35.5. The van der Waals surface area contributed by atoms with Crippen molar-refractivity contribution in [3.63, 3.8) is 0 Å². The third-order valence-corrected chi connectivity index (χ3v) is 4.64. The lowest BCUT2D eigenvalue weighted by molar-refractivity contribution is 0.251. The van der Waals surface area contributed by atoms with E-state index in [4.69, 9.17) is 23.2 Å². The number of amides is 2. The topological polar surface area (TPSA) is 79.8 Å². The third-order valence-electron chi connectivity index (χ3n) is 3.01. The summed E-state index contributed by atoms with van der Waals surface area (Å²) in [6, 6.07) is 8.46. The second kappa shape index (κ2) is 7.57. The number of anilines is 1. The van der Waals surface area contributed by atoms with Gasteiger partial charge in [-0.05, 0) is 29.8 Å². The molecule has 0 aliphatic carbocycles. The van der Waals surface area contributed by atoms with Crippen molar-refractivity contribution in [3.05, 3.63) is 58.3 Å². The highest BCUT2D eigenvalue weighted by molar-refractivity contribution is 7.18. The Labute approximate surface area is 151 Å². The maximum atomic E-state index is 11.9. The van der Waals surface area contributed by atoms with E-state index in [0.717, 1.165) is 11.1 Å². The van der Waals surface area contributed by atoms with Crippen LogP contribution in [0.3, 0.4) is 0 Å². The smallest absolute Gasteiger partial charge is 0.321 e. The first-order valence-corrected chi connectivity index (χ1v) is 8.42. The Morgan fingerprint density at radius 2 is 1.88 bits per heavy atom. The van der Waals surface area contributed by atoms with Gasteiger partial charge >= 0.3 is 6.03 Å². The van der Waals surface area contributed by atoms with Crippen LogP contribution in [-0.4, -0.2) is 21.2 Å². The Bertz CT molecular complexity index is 856. The molecule has 3 rings (SSSR count). The Balaban J connectivity index is 1.57. The first kappa shape index (κ1) is 16.6. The van der Waals surface area contributed by atoms with Crippen LogP contribution in [0.25, 0.3) is 10.6 Å². The van der Waals surface area contributed by atoms with Crippen molar-refractivity contribution >= 4 is 45.7 Å². The molecular formula is C15H11Cl2N5OS. The van der Waals surface area contributed by atoms with Crippen molar-refractivity contribution < 1.29 is 4.79 Å². The molecule has 3 aromatic rings. The van der Waals surface area contributed by atoms with Gasteiger partial charge in [0.15, 0.2) is 0 Å². The molecule has 0 fully saturated rings. The molecular weight excluding hydrogens is 369 g/mol. The summed E-state index contributed by atoms with van der Waals surface area (Å²) < 4.78 is 0. The molecule has 122 valence electrons. The van der Waals surface area contributed by atoms with Gasteiger partial charge in [-0.15, -0.1) is 10.2 Å². The number of hydrogen-bond donors (Lipinski definition) is 2. The van der Waals surface area contributed by atoms with E-state index in [0.29, 0.717) is 26.7 Å². The van der Waals surface area contributed by atoms with Crippen molar-refractivity contribution in [2.45, 2.75) is 6.54 Å². The average Bonchev–Trinajstić information content (AvgIpc) is 3.05. The van der Waals surface area contributed by atoms with Crippen LogP contribution < -0.4 is 10.6 Å². The van der Waals surface area contributed by atoms with E-state index in [1.165, 1.54) is 11.3 Å². The number of carbonyl (C=O) groups excluding carboxylic acids is 1. The van der Waals surface area contributed by atoms with Crippen molar-refractivity contribution in [1.29, 1.82) is 0 Å². The van der Waals surface area contributed by atoms with Gasteiger partial charge < -0.3 is 5.32 Å². The summed E-state index contributed by atoms with van der Waals surface area (Å²) in [6.07, 6.45) is 3.35. The normalized spacial score (nSPS) is 10.4. The molecule has 0 aliphatic rings. The molecule has 0 radical (unpaired) electrons. The van der Waals surface area contributed by atoms with Gasteiger partial charge in [0.1, 0.15) is 5.01 Å². The predicted molar refractivity (Wildman–Crippen MR) is 95.5 cm³/mol. The molecule has 9 heteroatoms. The second-order valence-electron chi connectivity index (χ2n) is 4.70. The number of aromatic nitrogens is 3. The van der Waals surface area contributed by atoms with Crippen LogP contribution in [0.4, 0.5) is 9.93 Å². The van der Waals surface area contributed by atoms with Gasteiger partial charge in [-0.25, -0.2) is 4.79 Å². The van der Waals surface area contributed by atoms with Gasteiger partial charge in [0.2, 0.25) is 5.13 Å². The van der Waals surface area contributed by atoms with Crippen LogP contribution in [0.1, 0.15) is 5.56 Å². The quantitative estimate of drug-likeness (QED) is 0.710. The number of nitrogens with one attached hydrogen (secondary N) is 2. The first-order valence-electron chi connectivity index (χ1n) is 6.84. The van der Waals surface area contributed by atoms with Crippen LogP contribution in [0.15, 0.2) is 42.7 Å². The number of urea groups is 1. The summed E-state index contributed by atoms with van der Waals surface area (Å²) in [6.45, 7) is 0.318. The molecule has 2 aromatic heterocycles. The summed E-state index contributed by atoms with van der Waals surface area (Å²) in [5.41, 5.74) is 1.74. The molecule has 2 heterocycles. The van der Waals surface area contributed by atoms with Crippen LogP contribution in [0.2, 0.25) is 10.0 Å². The molecule has 24 heavy (non-hydrogen) atoms. The van der Waals surface area contributed by atoms with Crippen molar-refractivity contribution in [2.75, 3.05) is 5.32 Å². The van der Waals surface area contributed by atoms with Gasteiger partial charge in [-0.1, -0.05) is 40.6 Å². The van der Waals surface area contributed by atoms with Crippen LogP contribution in [0, 0.1) is 0 Å². The molecule has 0 saturated heterocycles. The zero-order chi connectivity index (χ0) is 16.9. The summed E-state index contributed by atoms with van der Waals surface area (Å²) in [5, 5.41) is 15.4. The highest BCUT2D eigenvalue weighted by Gasteiger charge is 2.09. The number of carbonyl (C=O) groups is 1. The summed E-state index contributed by atoms with van der Waals surface area (Å²) in [4.78, 5) is 15.9. The lowest BCUT2D eigenvalue weighted by atomic mass is 10.2. The molecule has 0 spiro atoms. The third kappa shape index (κ3) is 4.19. The lowest BCUT2D eigenvalue weighted by Gasteiger charge is -2.06. The standard InChI is InChI=1S/C15H11Cl2N5OS/c16-11-2-1-9(7-12(11)17)8-19-14(23)20-15-22-21-13(24-15)10-3-5-18-6-4-10/h1-7H,8H2,(H2,19,20,22,23). The molecule has 0 unspecified atom stereocenters. The fourth-order valence-corrected chi connectivity index (χ4v) is 2.92. The molecule has 0 aliphatic heterocycles. The van der Waals surface area contributed by atoms with Gasteiger partial charge in [0.25, 0.3) is 0 Å². The van der Waals surface area contributed by atoms with Gasteiger partial charge in [0, 0.05) is 24.5 Å². The van der Waals surface area contributed by atoms with Gasteiger partial charge in [-0.3, -0.25) is 10.3 Å². The molecule has 6 nitrogen and oxygen atoms in total. The number of rotatable bonds is 4. The fourth-order valence-electron chi connectivity index (χ4n) is 1.86. The Morgan fingerprint density at radius 3 is 2.62 bits per heavy atom. The van der Waals surface area contributed by atoms with Crippen molar-refractivity contribution in [1.82, 2.24) is 20.5 Å². The number of halogens is 2. The minimum absolute atomic E-state index is 0.318. The molecule has 2 N–H and O–H groups in total. The molecule has 0 bridgehead atoms. The van der Waals surface area contributed by atoms with Gasteiger partial charge in [-0.2, -0.15) is 0 Å². The average molecular weight is 380 g/mol. The number of hydrogen-bond acceptors (Lipinski definition) is 5. The Hall–Kier alpha value is -2.22. The van der Waals surface area contributed by atoms with E-state index in [1.54, 1.807) is 30.6 Å². The zero-order valence-corrected chi connectivity index (χ0v) is 14.5. The zero-order valence-electron chi connectivity index (χ0n) is 12.2. The maximum Gasteiger partial charge on any atom is 0.321 e. The van der Waals surface area contributed by atoms with Crippen LogP contribution in [0.5, 0.6) is 0 Å². The molecule has 2 amide bonds. The summed E-state index contributed by atoms with van der Waals surface area (Å²) in [5.74, 6) is 0. The largest absolute Gasteiger partial charge is 0.334 e. The summed E-state index contributed by atoms with van der Waals surface area (Å²) >= 11 is 13.1. The SMILES string of the molecule is O=C(NCc1ccc(Cl)c(Cl)c1)Nc1nnc(-c2ccncc2)s1. The van der Waals surface area contributed by atoms with E-state index >= 15 is 0 Å². The summed E-state index contributed by atoms with van der Waals surface area (Å²) in [7, 11) is 0. The first-order chi connectivity index (χ1) is 11.6. The molecule has 0 atom stereocenters. The fraction of sp³-hybridized carbons (Fsp3) is 0.0667. The van der Waals surface area contributed by atoms with E-state index < -0.39 is 0 Å². The molecule has 0 saturated carbocycles. The number of nitrogens with zero attached hydrogens (tertiary/aromatic N) is 3. The van der Waals surface area contributed by atoms with E-state index in [-0.39, 0.29) is 6.03 Å². The van der Waals surface area contributed by atoms with Crippen LogP contribution >= 0.6 is 34.5 Å². The minimum atomic E-state index is -0.376. The maximum absolute atomic E-state index is 11.9. The second-order valence-corrected chi connectivity index (χ2v) is 6.50. The minimum Gasteiger partial charge on any atom is -0.334 e. The molecule has 1 aromatic carbocycles. The van der Waals surface area contributed by atoms with Crippen molar-refractivity contribution in [3.8, 4) is 10.6 Å². The lowest BCUT2D eigenvalue weighted by Crippen LogP contribution is -2.28. The number of benzene rings is 1. The highest BCUT2D eigenvalue weighted by Crippen LogP contribution is 2.25. The monoisotopic (exact) mass is 379 g/mol. The van der Waals surface area contributed by atoms with Crippen LogP contribution in [-0.2, 0) is 6.54 Å². The predicted octanol–water partition coefficient (Wildman–Crippen LogP) is 4.23.